The van der Waals surface area contributed by atoms with Crippen LogP contribution in [0.25, 0.3) is 6.08 Å². The first-order valence-corrected chi connectivity index (χ1v) is 16.9. The first-order valence-electron chi connectivity index (χ1n) is 16.9. The molecule has 5 heteroatoms. The molecule has 4 saturated carbocycles. The number of ketones is 1. The fourth-order valence-electron chi connectivity index (χ4n) is 11.5. The van der Waals surface area contributed by atoms with Gasteiger partial charge in [-0.3, -0.25) is 9.59 Å². The SMILES string of the molecule is CC1(C)[C@@H](OC(=O)/C=C/c2ccccc2)CC[C@]2(C)[C@H]3C(=O)C=C4[C@H]5C[C@@](C)(C(=O)O)CC[C@]5(C)CC[C@@]4(C)[C@]3(C)CC[C@@H]12. The lowest BCUT2D eigenvalue weighted by Gasteiger charge is -2.70. The minimum Gasteiger partial charge on any atom is -0.481 e. The number of ether oxygens (including phenoxy) is 1. The van der Waals surface area contributed by atoms with Crippen LogP contribution in [0.15, 0.2) is 48.1 Å². The summed E-state index contributed by atoms with van der Waals surface area (Å²) >= 11 is 0. The van der Waals surface area contributed by atoms with Crippen LogP contribution >= 0.6 is 0 Å². The van der Waals surface area contributed by atoms with Crippen molar-refractivity contribution in [2.24, 2.45) is 50.2 Å². The Balaban J connectivity index is 1.30. The van der Waals surface area contributed by atoms with Crippen molar-refractivity contribution in [3.63, 3.8) is 0 Å². The number of hydrogen-bond donors (Lipinski definition) is 1. The van der Waals surface area contributed by atoms with Gasteiger partial charge in [0.25, 0.3) is 0 Å². The first kappa shape index (κ1) is 31.3. The van der Waals surface area contributed by atoms with E-state index in [0.717, 1.165) is 50.5 Å². The quantitative estimate of drug-likeness (QED) is 0.276. The molecule has 5 nitrogen and oxygen atoms in total. The van der Waals surface area contributed by atoms with Gasteiger partial charge in [0.2, 0.25) is 0 Å². The predicted octanol–water partition coefficient (Wildman–Crippen LogP) is 8.68. The lowest BCUT2D eigenvalue weighted by molar-refractivity contribution is -0.209. The standard InChI is InChI=1S/C39H52O5/c1-34(2)29-15-18-39(7)32(37(29,5)17-16-30(34)44-31(41)14-13-25-11-9-8-10-12-25)28(40)23-26-27-24-36(4,33(42)43)20-19-35(27,3)21-22-38(26,39)6/h8-14,23,27,29-30,32H,15-22,24H2,1-7H3,(H,42,43)/b14-13+/t27-,29+,30+,32-,35-,36+,37+,38-,39-/m1/s1. The number of carboxylic acids is 1. The van der Waals surface area contributed by atoms with Crippen LogP contribution in [0.1, 0.15) is 112 Å². The lowest BCUT2D eigenvalue weighted by Crippen LogP contribution is -2.66. The van der Waals surface area contributed by atoms with Crippen molar-refractivity contribution in [1.82, 2.24) is 0 Å². The van der Waals surface area contributed by atoms with Gasteiger partial charge in [0.15, 0.2) is 5.78 Å². The molecule has 0 amide bonds. The molecule has 0 bridgehead atoms. The number of carboxylic acid groups (broad SMARTS) is 1. The summed E-state index contributed by atoms with van der Waals surface area (Å²) in [6.45, 7) is 15.9. The van der Waals surface area contributed by atoms with Crippen LogP contribution in [0.3, 0.4) is 0 Å². The van der Waals surface area contributed by atoms with Gasteiger partial charge in [-0.05, 0) is 116 Å². The van der Waals surface area contributed by atoms with E-state index in [1.54, 1.807) is 6.08 Å². The zero-order chi connectivity index (χ0) is 31.9. The average Bonchev–Trinajstić information content (AvgIpc) is 2.96. The molecule has 0 heterocycles. The molecule has 0 radical (unpaired) electrons. The molecule has 4 fully saturated rings. The summed E-state index contributed by atoms with van der Waals surface area (Å²) in [5, 5.41) is 10.2. The molecule has 1 N–H and O–H groups in total. The largest absolute Gasteiger partial charge is 0.481 e. The molecule has 1 aromatic carbocycles. The van der Waals surface area contributed by atoms with Crippen LogP contribution in [0.5, 0.6) is 0 Å². The number of benzene rings is 1. The van der Waals surface area contributed by atoms with Crippen LogP contribution in [0.4, 0.5) is 0 Å². The van der Waals surface area contributed by atoms with Crippen molar-refractivity contribution < 1.29 is 24.2 Å². The van der Waals surface area contributed by atoms with Gasteiger partial charge in [-0.2, -0.15) is 0 Å². The lowest BCUT2D eigenvalue weighted by atomic mass is 9.33. The fraction of sp³-hybridized carbons (Fsp3) is 0.667. The topological polar surface area (TPSA) is 80.7 Å². The zero-order valence-electron chi connectivity index (χ0n) is 27.9. The van der Waals surface area contributed by atoms with Gasteiger partial charge in [-0.25, -0.2) is 4.79 Å². The van der Waals surface area contributed by atoms with Crippen molar-refractivity contribution >= 4 is 23.8 Å². The van der Waals surface area contributed by atoms with Crippen LogP contribution in [0.2, 0.25) is 0 Å². The molecule has 0 unspecified atom stereocenters. The maximum Gasteiger partial charge on any atom is 0.331 e. The number of fused-ring (bicyclic) bond motifs is 7. The molecule has 1 aromatic rings. The third-order valence-corrected chi connectivity index (χ3v) is 14.5. The number of carbonyl (C=O) groups excluding carboxylic acids is 2. The monoisotopic (exact) mass is 600 g/mol. The van der Waals surface area contributed by atoms with E-state index in [1.807, 2.05) is 43.3 Å². The summed E-state index contributed by atoms with van der Waals surface area (Å²) < 4.78 is 6.15. The highest BCUT2D eigenvalue weighted by Crippen LogP contribution is 2.75. The molecule has 9 atom stereocenters. The van der Waals surface area contributed by atoms with E-state index in [0.29, 0.717) is 12.8 Å². The summed E-state index contributed by atoms with van der Waals surface area (Å²) in [5.41, 5.74) is 0.695. The molecular weight excluding hydrogens is 548 g/mol. The second kappa shape index (κ2) is 10.2. The maximum atomic E-state index is 14.6. The van der Waals surface area contributed by atoms with E-state index >= 15 is 0 Å². The Bertz CT molecular complexity index is 1420. The molecule has 0 aromatic heterocycles. The van der Waals surface area contributed by atoms with Crippen molar-refractivity contribution in [2.45, 2.75) is 112 Å². The van der Waals surface area contributed by atoms with Gasteiger partial charge in [0.1, 0.15) is 6.10 Å². The van der Waals surface area contributed by atoms with Gasteiger partial charge >= 0.3 is 11.9 Å². The normalized spacial score (nSPS) is 44.4. The molecule has 0 spiro atoms. The molecule has 6 rings (SSSR count). The Morgan fingerprint density at radius 2 is 1.57 bits per heavy atom. The van der Waals surface area contributed by atoms with E-state index in [9.17, 15) is 19.5 Å². The molecule has 0 saturated heterocycles. The first-order chi connectivity index (χ1) is 20.5. The maximum absolute atomic E-state index is 14.6. The fourth-order valence-corrected chi connectivity index (χ4v) is 11.5. The van der Waals surface area contributed by atoms with Crippen molar-refractivity contribution in [3.05, 3.63) is 53.6 Å². The van der Waals surface area contributed by atoms with E-state index in [-0.39, 0.29) is 62.7 Å². The van der Waals surface area contributed by atoms with Crippen molar-refractivity contribution in [2.75, 3.05) is 0 Å². The third-order valence-electron chi connectivity index (χ3n) is 14.5. The molecule has 0 aliphatic heterocycles. The molecular formula is C39H52O5. The smallest absolute Gasteiger partial charge is 0.331 e. The number of esters is 1. The van der Waals surface area contributed by atoms with Gasteiger partial charge in [-0.15, -0.1) is 0 Å². The van der Waals surface area contributed by atoms with Crippen LogP contribution < -0.4 is 0 Å². The summed E-state index contributed by atoms with van der Waals surface area (Å²) in [6.07, 6.45) is 13.1. The van der Waals surface area contributed by atoms with Gasteiger partial charge < -0.3 is 9.84 Å². The number of allylic oxidation sites excluding steroid dienone is 2. The number of aliphatic carboxylic acids is 1. The minimum atomic E-state index is -0.746. The second-order valence-electron chi connectivity index (χ2n) is 17.1. The number of rotatable bonds is 4. The minimum absolute atomic E-state index is 0.0454. The van der Waals surface area contributed by atoms with Crippen LogP contribution in [-0.4, -0.2) is 28.9 Å². The van der Waals surface area contributed by atoms with E-state index in [4.69, 9.17) is 4.74 Å². The third kappa shape index (κ3) is 4.42. The Morgan fingerprint density at radius 1 is 0.886 bits per heavy atom. The van der Waals surface area contributed by atoms with Crippen molar-refractivity contribution in [3.8, 4) is 0 Å². The van der Waals surface area contributed by atoms with Gasteiger partial charge in [0, 0.05) is 17.4 Å². The zero-order valence-corrected chi connectivity index (χ0v) is 27.9. The Hall–Kier alpha value is -2.69. The van der Waals surface area contributed by atoms with E-state index in [1.165, 1.54) is 11.6 Å². The van der Waals surface area contributed by atoms with Crippen LogP contribution in [0, 0.1) is 50.2 Å². The van der Waals surface area contributed by atoms with E-state index < -0.39 is 11.4 Å². The second-order valence-corrected chi connectivity index (χ2v) is 17.1. The molecule has 44 heavy (non-hydrogen) atoms. The highest BCUT2D eigenvalue weighted by Gasteiger charge is 2.70. The van der Waals surface area contributed by atoms with Crippen LogP contribution in [-0.2, 0) is 19.1 Å². The van der Waals surface area contributed by atoms with Gasteiger partial charge in [-0.1, -0.05) is 77.4 Å². The average molecular weight is 601 g/mol. The Kier molecular flexibility index (Phi) is 7.23. The predicted molar refractivity (Wildman–Crippen MR) is 172 cm³/mol. The highest BCUT2D eigenvalue weighted by atomic mass is 16.5. The van der Waals surface area contributed by atoms with Crippen molar-refractivity contribution in [1.29, 1.82) is 0 Å². The Labute approximate surface area is 263 Å². The molecule has 5 aliphatic rings. The number of carbonyl (C=O) groups is 3. The highest BCUT2D eigenvalue weighted by molar-refractivity contribution is 5.95. The van der Waals surface area contributed by atoms with E-state index in [2.05, 4.69) is 41.5 Å². The molecule has 5 aliphatic carbocycles. The van der Waals surface area contributed by atoms with Gasteiger partial charge in [0.05, 0.1) is 5.41 Å². The Morgan fingerprint density at radius 3 is 2.25 bits per heavy atom. The number of hydrogen-bond acceptors (Lipinski definition) is 4. The summed E-state index contributed by atoms with van der Waals surface area (Å²) in [6, 6.07) is 9.79. The summed E-state index contributed by atoms with van der Waals surface area (Å²) in [5.74, 6) is -0.498. The summed E-state index contributed by atoms with van der Waals surface area (Å²) in [7, 11) is 0. The molecule has 238 valence electrons. The summed E-state index contributed by atoms with van der Waals surface area (Å²) in [4.78, 5) is 39.9.